The van der Waals surface area contributed by atoms with Crippen molar-refractivity contribution in [2.45, 2.75) is 33.2 Å². The van der Waals surface area contributed by atoms with Crippen molar-refractivity contribution in [3.8, 4) is 5.75 Å². The summed E-state index contributed by atoms with van der Waals surface area (Å²) in [5.41, 5.74) is 4.30. The number of aromatic nitrogens is 1. The minimum absolute atomic E-state index is 0.0550. The molecule has 3 rings (SSSR count). The highest BCUT2D eigenvalue weighted by atomic mass is 16.5. The molecule has 6 nitrogen and oxygen atoms in total. The van der Waals surface area contributed by atoms with Crippen molar-refractivity contribution < 1.29 is 14.3 Å². The van der Waals surface area contributed by atoms with E-state index >= 15 is 0 Å². The van der Waals surface area contributed by atoms with Crippen LogP contribution in [0.2, 0.25) is 0 Å². The van der Waals surface area contributed by atoms with Crippen LogP contribution in [0.15, 0.2) is 67.0 Å². The summed E-state index contributed by atoms with van der Waals surface area (Å²) in [5.74, 6) is 0.601. The van der Waals surface area contributed by atoms with Crippen molar-refractivity contribution in [1.82, 2.24) is 10.3 Å². The Kier molecular flexibility index (Phi) is 7.76. The first kappa shape index (κ1) is 22.0. The molecule has 3 aromatic rings. The van der Waals surface area contributed by atoms with Crippen LogP contribution in [0.3, 0.4) is 0 Å². The van der Waals surface area contributed by atoms with Gasteiger partial charge in [0.05, 0.1) is 12.2 Å². The Labute approximate surface area is 182 Å². The molecule has 1 aromatic heterocycles. The van der Waals surface area contributed by atoms with Gasteiger partial charge in [0.2, 0.25) is 5.91 Å². The van der Waals surface area contributed by atoms with E-state index in [2.05, 4.69) is 15.6 Å². The minimum Gasteiger partial charge on any atom is -0.494 e. The zero-order chi connectivity index (χ0) is 22.1. The average Bonchev–Trinajstić information content (AvgIpc) is 2.77. The molecule has 0 saturated carbocycles. The Morgan fingerprint density at radius 2 is 1.71 bits per heavy atom. The molecule has 6 heteroatoms. The van der Waals surface area contributed by atoms with Crippen LogP contribution < -0.4 is 15.4 Å². The molecule has 0 aliphatic rings. The Bertz CT molecular complexity index is 1010. The molecule has 0 unspecified atom stereocenters. The van der Waals surface area contributed by atoms with Crippen LogP contribution in [0, 0.1) is 13.8 Å². The van der Waals surface area contributed by atoms with Gasteiger partial charge in [-0.15, -0.1) is 0 Å². The highest BCUT2D eigenvalue weighted by Crippen LogP contribution is 2.13. The molecule has 2 amide bonds. The summed E-state index contributed by atoms with van der Waals surface area (Å²) in [7, 11) is 0. The first-order chi connectivity index (χ1) is 15.0. The fourth-order valence-electron chi connectivity index (χ4n) is 2.97. The van der Waals surface area contributed by atoms with Gasteiger partial charge in [-0.3, -0.25) is 14.6 Å². The van der Waals surface area contributed by atoms with Gasteiger partial charge >= 0.3 is 0 Å². The van der Waals surface area contributed by atoms with Crippen molar-refractivity contribution in [3.63, 3.8) is 0 Å². The van der Waals surface area contributed by atoms with Crippen LogP contribution >= 0.6 is 0 Å². The molecule has 0 spiro atoms. The van der Waals surface area contributed by atoms with Crippen LogP contribution in [0.5, 0.6) is 5.75 Å². The Morgan fingerprint density at radius 3 is 2.42 bits per heavy atom. The number of anilines is 1. The van der Waals surface area contributed by atoms with Gasteiger partial charge < -0.3 is 15.4 Å². The molecule has 160 valence electrons. The van der Waals surface area contributed by atoms with Crippen molar-refractivity contribution in [2.75, 3.05) is 11.9 Å². The lowest BCUT2D eigenvalue weighted by atomic mass is 10.1. The van der Waals surface area contributed by atoms with Crippen LogP contribution in [0.1, 0.15) is 39.9 Å². The lowest BCUT2D eigenvalue weighted by Gasteiger charge is -2.09. The number of hydrogen-bond acceptors (Lipinski definition) is 4. The zero-order valence-corrected chi connectivity index (χ0v) is 17.9. The fraction of sp³-hybridized carbons (Fsp3) is 0.240. The molecule has 0 aliphatic heterocycles. The number of benzene rings is 2. The van der Waals surface area contributed by atoms with Gasteiger partial charge in [-0.2, -0.15) is 0 Å². The van der Waals surface area contributed by atoms with Crippen molar-refractivity contribution in [1.29, 1.82) is 0 Å². The van der Waals surface area contributed by atoms with Gasteiger partial charge in [0.15, 0.2) is 0 Å². The molecule has 0 bridgehead atoms. The Hall–Kier alpha value is -3.67. The maximum Gasteiger partial charge on any atom is 0.253 e. The van der Waals surface area contributed by atoms with Crippen molar-refractivity contribution in [2.24, 2.45) is 0 Å². The Balaban J connectivity index is 1.38. The van der Waals surface area contributed by atoms with Crippen LogP contribution in [0.4, 0.5) is 5.69 Å². The van der Waals surface area contributed by atoms with Crippen LogP contribution in [0.25, 0.3) is 0 Å². The first-order valence-electron chi connectivity index (χ1n) is 10.3. The lowest BCUT2D eigenvalue weighted by Crippen LogP contribution is -2.23. The van der Waals surface area contributed by atoms with E-state index in [-0.39, 0.29) is 11.8 Å². The molecule has 0 atom stereocenters. The molecule has 31 heavy (non-hydrogen) atoms. The molecule has 2 aromatic carbocycles. The summed E-state index contributed by atoms with van der Waals surface area (Å²) in [6, 6.07) is 17.1. The van der Waals surface area contributed by atoms with E-state index in [4.69, 9.17) is 4.74 Å². The summed E-state index contributed by atoms with van der Waals surface area (Å²) in [4.78, 5) is 28.4. The number of carbonyl (C=O) groups is 2. The summed E-state index contributed by atoms with van der Waals surface area (Å²) in [5, 5.41) is 5.77. The smallest absolute Gasteiger partial charge is 0.253 e. The highest BCUT2D eigenvalue weighted by Gasteiger charge is 2.08. The molecule has 0 fully saturated rings. The minimum atomic E-state index is -0.157. The first-order valence-corrected chi connectivity index (χ1v) is 10.3. The number of nitrogens with zero attached hydrogens (tertiary/aromatic N) is 1. The third-order valence-electron chi connectivity index (χ3n) is 4.81. The predicted octanol–water partition coefficient (Wildman–Crippen LogP) is 4.43. The lowest BCUT2D eigenvalue weighted by molar-refractivity contribution is -0.116. The molecule has 2 N–H and O–H groups in total. The molecular formula is C25H27N3O3. The van der Waals surface area contributed by atoms with Gasteiger partial charge in [-0.1, -0.05) is 29.8 Å². The SMILES string of the molecule is Cc1ccc(OCCCC(=O)Nc2ccc(CNC(=O)c3cnccc3C)cc2)cc1. The number of pyridine rings is 1. The fourth-order valence-corrected chi connectivity index (χ4v) is 2.97. The van der Waals surface area contributed by atoms with Gasteiger partial charge in [0.25, 0.3) is 5.91 Å². The average molecular weight is 418 g/mol. The number of aryl methyl sites for hydroxylation is 2. The summed E-state index contributed by atoms with van der Waals surface area (Å²) in [6.45, 7) is 4.80. The van der Waals surface area contributed by atoms with E-state index in [1.807, 2.05) is 62.4 Å². The molecule has 1 heterocycles. The van der Waals surface area contributed by atoms with Crippen molar-refractivity contribution in [3.05, 3.63) is 89.2 Å². The van der Waals surface area contributed by atoms with E-state index in [1.165, 1.54) is 5.56 Å². The maximum atomic E-state index is 12.3. The largest absolute Gasteiger partial charge is 0.494 e. The zero-order valence-electron chi connectivity index (χ0n) is 17.9. The van der Waals surface area contributed by atoms with E-state index in [0.29, 0.717) is 31.6 Å². The Morgan fingerprint density at radius 1 is 0.968 bits per heavy atom. The highest BCUT2D eigenvalue weighted by molar-refractivity contribution is 5.95. The van der Waals surface area contributed by atoms with Gasteiger partial charge in [-0.25, -0.2) is 0 Å². The van der Waals surface area contributed by atoms with E-state index in [9.17, 15) is 9.59 Å². The van der Waals surface area contributed by atoms with E-state index < -0.39 is 0 Å². The number of hydrogen-bond donors (Lipinski definition) is 2. The third kappa shape index (κ3) is 6.96. The standard InChI is InChI=1S/C25H27N3O3/c1-18-5-11-22(12-6-18)31-15-3-4-24(29)28-21-9-7-20(8-10-21)16-27-25(30)23-17-26-14-13-19(23)2/h5-14,17H,3-4,15-16H2,1-2H3,(H,27,30)(H,28,29). The maximum absolute atomic E-state index is 12.3. The van der Waals surface area contributed by atoms with Gasteiger partial charge in [-0.05, 0) is 61.7 Å². The number of carbonyl (C=O) groups excluding carboxylic acids is 2. The number of ether oxygens (including phenoxy) is 1. The molecular weight excluding hydrogens is 390 g/mol. The van der Waals surface area contributed by atoms with Gasteiger partial charge in [0.1, 0.15) is 5.75 Å². The van der Waals surface area contributed by atoms with Gasteiger partial charge in [0, 0.05) is 31.0 Å². The summed E-state index contributed by atoms with van der Waals surface area (Å²) in [6.07, 6.45) is 4.25. The van der Waals surface area contributed by atoms with E-state index in [0.717, 1.165) is 22.6 Å². The monoisotopic (exact) mass is 417 g/mol. The summed E-state index contributed by atoms with van der Waals surface area (Å²) < 4.78 is 5.64. The second-order valence-electron chi connectivity index (χ2n) is 7.38. The third-order valence-corrected chi connectivity index (χ3v) is 4.81. The second-order valence-corrected chi connectivity index (χ2v) is 7.38. The van der Waals surface area contributed by atoms with Crippen molar-refractivity contribution >= 4 is 17.5 Å². The molecule has 0 radical (unpaired) electrons. The number of nitrogens with one attached hydrogen (secondary N) is 2. The predicted molar refractivity (Wildman–Crippen MR) is 121 cm³/mol. The van der Waals surface area contributed by atoms with Crippen LogP contribution in [-0.2, 0) is 11.3 Å². The summed E-state index contributed by atoms with van der Waals surface area (Å²) >= 11 is 0. The topological polar surface area (TPSA) is 80.3 Å². The quantitative estimate of drug-likeness (QED) is 0.505. The number of amides is 2. The number of rotatable bonds is 9. The molecule has 0 saturated heterocycles. The molecule has 0 aliphatic carbocycles. The van der Waals surface area contributed by atoms with Crippen LogP contribution in [-0.4, -0.2) is 23.4 Å². The second kappa shape index (κ2) is 10.9. The van der Waals surface area contributed by atoms with E-state index in [1.54, 1.807) is 18.5 Å². The normalized spacial score (nSPS) is 10.4.